The number of hydrogen-bond acceptors (Lipinski definition) is 5. The summed E-state index contributed by atoms with van der Waals surface area (Å²) < 4.78 is 0. The second kappa shape index (κ2) is 7.56. The molecular weight excluding hydrogens is 274 g/mol. The van der Waals surface area contributed by atoms with Crippen molar-refractivity contribution in [1.82, 2.24) is 4.98 Å². The van der Waals surface area contributed by atoms with Crippen LogP contribution < -0.4 is 4.90 Å². The SMILES string of the molecule is CCC(CC)CN(CC)c1ncc([N+](=O)[O-])cc1C(=O)O. The average molecular weight is 295 g/mol. The van der Waals surface area contributed by atoms with Crippen LogP contribution in [0.1, 0.15) is 44.0 Å². The number of carboxylic acid groups (broad SMARTS) is 1. The zero-order chi connectivity index (χ0) is 16.0. The number of pyridine rings is 1. The van der Waals surface area contributed by atoms with E-state index in [0.29, 0.717) is 24.8 Å². The van der Waals surface area contributed by atoms with E-state index in [1.807, 2.05) is 11.8 Å². The van der Waals surface area contributed by atoms with Gasteiger partial charge >= 0.3 is 5.97 Å². The Morgan fingerprint density at radius 2 is 2.05 bits per heavy atom. The summed E-state index contributed by atoms with van der Waals surface area (Å²) in [7, 11) is 0. The third-order valence-electron chi connectivity index (χ3n) is 3.61. The van der Waals surface area contributed by atoms with Crippen LogP contribution in [0.4, 0.5) is 11.5 Å². The molecule has 0 aromatic carbocycles. The van der Waals surface area contributed by atoms with Gasteiger partial charge in [0.25, 0.3) is 5.69 Å². The Morgan fingerprint density at radius 1 is 1.43 bits per heavy atom. The van der Waals surface area contributed by atoms with E-state index >= 15 is 0 Å². The molecular formula is C14H21N3O4. The Labute approximate surface area is 123 Å². The first-order valence-corrected chi connectivity index (χ1v) is 7.07. The van der Waals surface area contributed by atoms with E-state index in [4.69, 9.17) is 0 Å². The first-order valence-electron chi connectivity index (χ1n) is 7.07. The van der Waals surface area contributed by atoms with Gasteiger partial charge in [0, 0.05) is 19.2 Å². The molecule has 0 bridgehead atoms. The van der Waals surface area contributed by atoms with Gasteiger partial charge in [0.1, 0.15) is 17.6 Å². The second-order valence-electron chi connectivity index (χ2n) is 4.85. The normalized spacial score (nSPS) is 10.7. The summed E-state index contributed by atoms with van der Waals surface area (Å²) in [5, 5.41) is 20.0. The molecule has 0 spiro atoms. The number of nitro groups is 1. The van der Waals surface area contributed by atoms with Crippen molar-refractivity contribution in [3.05, 3.63) is 27.9 Å². The van der Waals surface area contributed by atoms with Crippen molar-refractivity contribution in [2.75, 3.05) is 18.0 Å². The number of carbonyl (C=O) groups is 1. The average Bonchev–Trinajstić information content (AvgIpc) is 2.48. The Bertz CT molecular complexity index is 515. The maximum absolute atomic E-state index is 11.4. The summed E-state index contributed by atoms with van der Waals surface area (Å²) >= 11 is 0. The highest BCUT2D eigenvalue weighted by atomic mass is 16.6. The van der Waals surface area contributed by atoms with Gasteiger partial charge in [-0.05, 0) is 12.8 Å². The van der Waals surface area contributed by atoms with E-state index in [1.54, 1.807) is 0 Å². The molecule has 0 radical (unpaired) electrons. The Morgan fingerprint density at radius 3 is 2.48 bits per heavy atom. The van der Waals surface area contributed by atoms with Crippen LogP contribution in [0.3, 0.4) is 0 Å². The molecule has 0 saturated carbocycles. The van der Waals surface area contributed by atoms with Crippen LogP contribution in [0.5, 0.6) is 0 Å². The van der Waals surface area contributed by atoms with Gasteiger partial charge in [0.2, 0.25) is 0 Å². The van der Waals surface area contributed by atoms with Gasteiger partial charge in [-0.3, -0.25) is 10.1 Å². The number of rotatable bonds is 8. The molecule has 116 valence electrons. The van der Waals surface area contributed by atoms with Crippen molar-refractivity contribution in [2.45, 2.75) is 33.6 Å². The molecule has 1 aromatic rings. The van der Waals surface area contributed by atoms with Crippen molar-refractivity contribution in [2.24, 2.45) is 5.92 Å². The second-order valence-corrected chi connectivity index (χ2v) is 4.85. The van der Waals surface area contributed by atoms with Crippen molar-refractivity contribution < 1.29 is 14.8 Å². The van der Waals surface area contributed by atoms with E-state index in [-0.39, 0.29) is 11.3 Å². The third-order valence-corrected chi connectivity index (χ3v) is 3.61. The molecule has 1 heterocycles. The van der Waals surface area contributed by atoms with Gasteiger partial charge in [-0.1, -0.05) is 26.7 Å². The molecule has 0 aliphatic rings. The predicted molar refractivity (Wildman–Crippen MR) is 79.8 cm³/mol. The molecule has 1 N–H and O–H groups in total. The fourth-order valence-corrected chi connectivity index (χ4v) is 2.18. The summed E-state index contributed by atoms with van der Waals surface area (Å²) in [4.78, 5) is 27.4. The molecule has 0 unspecified atom stereocenters. The largest absolute Gasteiger partial charge is 0.478 e. The Balaban J connectivity index is 3.19. The summed E-state index contributed by atoms with van der Waals surface area (Å²) in [5.74, 6) is -0.477. The molecule has 1 rings (SSSR count). The van der Waals surface area contributed by atoms with Crippen molar-refractivity contribution in [1.29, 1.82) is 0 Å². The Hall–Kier alpha value is -2.18. The van der Waals surface area contributed by atoms with Gasteiger partial charge in [-0.25, -0.2) is 9.78 Å². The standard InChI is InChI=1S/C14H21N3O4/c1-4-10(5-2)9-16(6-3)13-12(14(18)19)7-11(8-15-13)17(20)21/h7-8,10H,4-6,9H2,1-3H3,(H,18,19). The zero-order valence-corrected chi connectivity index (χ0v) is 12.6. The number of nitrogens with zero attached hydrogens (tertiary/aromatic N) is 3. The van der Waals surface area contributed by atoms with Crippen LogP contribution in [-0.2, 0) is 0 Å². The number of hydrogen-bond donors (Lipinski definition) is 1. The zero-order valence-electron chi connectivity index (χ0n) is 12.6. The minimum Gasteiger partial charge on any atom is -0.478 e. The highest BCUT2D eigenvalue weighted by molar-refractivity contribution is 5.94. The molecule has 0 fully saturated rings. The summed E-state index contributed by atoms with van der Waals surface area (Å²) in [6, 6.07) is 1.07. The van der Waals surface area contributed by atoms with Gasteiger partial charge in [0.15, 0.2) is 0 Å². The third kappa shape index (κ3) is 4.14. The quantitative estimate of drug-likeness (QED) is 0.585. The van der Waals surface area contributed by atoms with Crippen LogP contribution >= 0.6 is 0 Å². The van der Waals surface area contributed by atoms with E-state index in [1.165, 1.54) is 0 Å². The number of carboxylic acids is 1. The first kappa shape index (κ1) is 16.9. The number of anilines is 1. The monoisotopic (exact) mass is 295 g/mol. The number of aromatic nitrogens is 1. The minimum atomic E-state index is -1.20. The molecule has 7 heteroatoms. The lowest BCUT2D eigenvalue weighted by Gasteiger charge is -2.27. The van der Waals surface area contributed by atoms with Crippen LogP contribution in [0, 0.1) is 16.0 Å². The maximum atomic E-state index is 11.4. The van der Waals surface area contributed by atoms with Gasteiger partial charge in [-0.15, -0.1) is 0 Å². The van der Waals surface area contributed by atoms with Crippen LogP contribution in [0.25, 0.3) is 0 Å². The van der Waals surface area contributed by atoms with Gasteiger partial charge in [-0.2, -0.15) is 0 Å². The van der Waals surface area contributed by atoms with Gasteiger partial charge < -0.3 is 10.0 Å². The predicted octanol–water partition coefficient (Wildman–Crippen LogP) is 2.95. The van der Waals surface area contributed by atoms with Gasteiger partial charge in [0.05, 0.1) is 4.92 Å². The van der Waals surface area contributed by atoms with Crippen molar-refractivity contribution in [3.63, 3.8) is 0 Å². The summed E-state index contributed by atoms with van der Waals surface area (Å²) in [6.07, 6.45) is 3.09. The van der Waals surface area contributed by atoms with E-state index in [2.05, 4.69) is 18.8 Å². The Kier molecular flexibility index (Phi) is 6.08. The van der Waals surface area contributed by atoms with Crippen LogP contribution in [0.15, 0.2) is 12.3 Å². The fraction of sp³-hybridized carbons (Fsp3) is 0.571. The molecule has 0 saturated heterocycles. The lowest BCUT2D eigenvalue weighted by atomic mass is 10.0. The highest BCUT2D eigenvalue weighted by Crippen LogP contribution is 2.24. The van der Waals surface area contributed by atoms with E-state index in [0.717, 1.165) is 25.1 Å². The topological polar surface area (TPSA) is 96.6 Å². The summed E-state index contributed by atoms with van der Waals surface area (Å²) in [5.41, 5.74) is -0.438. The fourth-order valence-electron chi connectivity index (χ4n) is 2.18. The van der Waals surface area contributed by atoms with Crippen molar-refractivity contribution in [3.8, 4) is 0 Å². The smallest absolute Gasteiger partial charge is 0.339 e. The molecule has 0 atom stereocenters. The van der Waals surface area contributed by atoms with E-state index < -0.39 is 10.9 Å². The molecule has 7 nitrogen and oxygen atoms in total. The maximum Gasteiger partial charge on any atom is 0.339 e. The minimum absolute atomic E-state index is 0.128. The lowest BCUT2D eigenvalue weighted by molar-refractivity contribution is -0.385. The van der Waals surface area contributed by atoms with Crippen molar-refractivity contribution >= 4 is 17.5 Å². The van der Waals surface area contributed by atoms with Crippen LogP contribution in [0.2, 0.25) is 0 Å². The van der Waals surface area contributed by atoms with Crippen LogP contribution in [-0.4, -0.2) is 34.1 Å². The molecule has 21 heavy (non-hydrogen) atoms. The first-order chi connectivity index (χ1) is 9.94. The summed E-state index contributed by atoms with van der Waals surface area (Å²) in [6.45, 7) is 7.38. The molecule has 0 aliphatic heterocycles. The molecule has 1 aromatic heterocycles. The lowest BCUT2D eigenvalue weighted by Crippen LogP contribution is -2.31. The molecule has 0 amide bonds. The highest BCUT2D eigenvalue weighted by Gasteiger charge is 2.22. The molecule has 0 aliphatic carbocycles. The van der Waals surface area contributed by atoms with E-state index in [9.17, 15) is 20.0 Å². The number of aromatic carboxylic acids is 1.